The van der Waals surface area contributed by atoms with Gasteiger partial charge in [-0.1, -0.05) is 5.16 Å². The molecule has 0 N–H and O–H groups in total. The first-order valence-corrected chi connectivity index (χ1v) is 3.49. The van der Waals surface area contributed by atoms with Gasteiger partial charge >= 0.3 is 0 Å². The summed E-state index contributed by atoms with van der Waals surface area (Å²) in [5.41, 5.74) is 1.31. The summed E-state index contributed by atoms with van der Waals surface area (Å²) in [7, 11) is 0. The maximum atomic E-state index is 5.24. The van der Waals surface area contributed by atoms with Gasteiger partial charge in [0.15, 0.2) is 17.3 Å². The minimum Gasteiger partial charge on any atom is -0.439 e. The lowest BCUT2D eigenvalue weighted by molar-refractivity contribution is 0.305. The molecule has 0 bridgehead atoms. The van der Waals surface area contributed by atoms with Crippen molar-refractivity contribution < 1.29 is 9.05 Å². The fraction of sp³-hybridized carbons (Fsp3) is 0.286. The van der Waals surface area contributed by atoms with Crippen molar-refractivity contribution in [1.82, 2.24) is 15.3 Å². The number of nitrogens with zero attached hydrogens (tertiary/aromatic N) is 3. The average Bonchev–Trinajstić information content (AvgIpc) is 2.58. The minimum atomic E-state index is 0.589. The van der Waals surface area contributed by atoms with Crippen LogP contribution in [-0.2, 0) is 0 Å². The van der Waals surface area contributed by atoms with E-state index in [4.69, 9.17) is 4.42 Å². The molecule has 0 aromatic carbocycles. The number of aryl methyl sites for hydroxylation is 2. The van der Waals surface area contributed by atoms with Gasteiger partial charge < -0.3 is 4.42 Å². The zero-order valence-electron chi connectivity index (χ0n) is 6.74. The summed E-state index contributed by atoms with van der Waals surface area (Å²) in [5.74, 6) is 1.19. The second-order valence-corrected chi connectivity index (χ2v) is 2.44. The van der Waals surface area contributed by atoms with Crippen molar-refractivity contribution in [1.29, 1.82) is 0 Å². The fourth-order valence-corrected chi connectivity index (χ4v) is 0.926. The van der Waals surface area contributed by atoms with Crippen LogP contribution in [0.2, 0.25) is 0 Å². The van der Waals surface area contributed by atoms with Crippen LogP contribution in [0.15, 0.2) is 15.2 Å². The molecule has 0 saturated heterocycles. The zero-order valence-corrected chi connectivity index (χ0v) is 6.74. The summed E-state index contributed by atoms with van der Waals surface area (Å²) in [4.78, 5) is 3.94. The van der Waals surface area contributed by atoms with Gasteiger partial charge in [0.2, 0.25) is 0 Å². The Morgan fingerprint density at radius 3 is 2.58 bits per heavy atom. The standard InChI is InChI=1S/C7H7N3O2/c1-4-7(10-12-9-4)6-3-8-5(2)11-6/h3H,1-2H3. The van der Waals surface area contributed by atoms with Gasteiger partial charge in [-0.25, -0.2) is 9.61 Å². The molecule has 12 heavy (non-hydrogen) atoms. The Morgan fingerprint density at radius 2 is 2.08 bits per heavy atom. The van der Waals surface area contributed by atoms with Crippen molar-refractivity contribution in [3.8, 4) is 11.5 Å². The van der Waals surface area contributed by atoms with Gasteiger partial charge in [0.1, 0.15) is 5.69 Å². The second-order valence-electron chi connectivity index (χ2n) is 2.44. The highest BCUT2D eigenvalue weighted by atomic mass is 16.6. The van der Waals surface area contributed by atoms with Crippen LogP contribution in [0.4, 0.5) is 0 Å². The Balaban J connectivity index is 2.50. The maximum Gasteiger partial charge on any atom is 0.191 e. The highest BCUT2D eigenvalue weighted by Crippen LogP contribution is 2.19. The smallest absolute Gasteiger partial charge is 0.191 e. The van der Waals surface area contributed by atoms with Crippen LogP contribution in [0.25, 0.3) is 11.5 Å². The van der Waals surface area contributed by atoms with E-state index in [2.05, 4.69) is 19.9 Å². The SMILES string of the molecule is Cc1ncc(-c2nonc2C)o1. The fourth-order valence-electron chi connectivity index (χ4n) is 0.926. The summed E-state index contributed by atoms with van der Waals surface area (Å²) in [5, 5.41) is 7.31. The van der Waals surface area contributed by atoms with E-state index in [1.165, 1.54) is 0 Å². The van der Waals surface area contributed by atoms with Gasteiger partial charge in [0.05, 0.1) is 6.20 Å². The largest absolute Gasteiger partial charge is 0.439 e. The van der Waals surface area contributed by atoms with Gasteiger partial charge in [-0.15, -0.1) is 0 Å². The third-order valence-corrected chi connectivity index (χ3v) is 1.51. The summed E-state index contributed by atoms with van der Waals surface area (Å²) in [6, 6.07) is 0. The van der Waals surface area contributed by atoms with E-state index >= 15 is 0 Å². The highest BCUT2D eigenvalue weighted by Gasteiger charge is 2.11. The minimum absolute atomic E-state index is 0.589. The monoisotopic (exact) mass is 165 g/mol. The molecule has 2 aromatic rings. The molecule has 0 atom stereocenters. The van der Waals surface area contributed by atoms with Crippen LogP contribution in [0.5, 0.6) is 0 Å². The van der Waals surface area contributed by atoms with Gasteiger partial charge in [0.25, 0.3) is 0 Å². The molecule has 2 aromatic heterocycles. The van der Waals surface area contributed by atoms with Crippen molar-refractivity contribution >= 4 is 0 Å². The van der Waals surface area contributed by atoms with E-state index in [1.54, 1.807) is 20.0 Å². The molecule has 2 heterocycles. The number of aromatic nitrogens is 3. The van der Waals surface area contributed by atoms with E-state index in [0.29, 0.717) is 23.0 Å². The first kappa shape index (κ1) is 7.02. The topological polar surface area (TPSA) is 65.0 Å². The Bertz CT molecular complexity index is 391. The predicted molar refractivity (Wildman–Crippen MR) is 39.3 cm³/mol. The summed E-state index contributed by atoms with van der Waals surface area (Å²) in [6.07, 6.45) is 1.60. The molecule has 0 aliphatic heterocycles. The first-order valence-electron chi connectivity index (χ1n) is 3.49. The van der Waals surface area contributed by atoms with Crippen LogP contribution in [-0.4, -0.2) is 15.3 Å². The molecule has 0 saturated carbocycles. The summed E-state index contributed by atoms with van der Waals surface area (Å²) in [6.45, 7) is 3.57. The molecule has 5 heteroatoms. The molecule has 0 spiro atoms. The van der Waals surface area contributed by atoms with Crippen molar-refractivity contribution in [2.24, 2.45) is 0 Å². The number of oxazole rings is 1. The molecule has 0 fully saturated rings. The summed E-state index contributed by atoms with van der Waals surface area (Å²) >= 11 is 0. The average molecular weight is 165 g/mol. The number of hydrogen-bond donors (Lipinski definition) is 0. The van der Waals surface area contributed by atoms with Crippen molar-refractivity contribution in [2.45, 2.75) is 13.8 Å². The van der Waals surface area contributed by atoms with Crippen molar-refractivity contribution in [3.05, 3.63) is 17.8 Å². The Hall–Kier alpha value is -1.65. The third-order valence-electron chi connectivity index (χ3n) is 1.51. The number of rotatable bonds is 1. The Kier molecular flexibility index (Phi) is 1.43. The van der Waals surface area contributed by atoms with Crippen LogP contribution in [0.3, 0.4) is 0 Å². The van der Waals surface area contributed by atoms with E-state index in [9.17, 15) is 0 Å². The maximum absolute atomic E-state index is 5.24. The molecule has 0 unspecified atom stereocenters. The van der Waals surface area contributed by atoms with Gasteiger partial charge in [0, 0.05) is 6.92 Å². The van der Waals surface area contributed by atoms with Crippen LogP contribution >= 0.6 is 0 Å². The summed E-state index contributed by atoms with van der Waals surface area (Å²) < 4.78 is 9.76. The van der Waals surface area contributed by atoms with Crippen molar-refractivity contribution in [3.63, 3.8) is 0 Å². The van der Waals surface area contributed by atoms with Crippen molar-refractivity contribution in [2.75, 3.05) is 0 Å². The molecule has 0 aliphatic rings. The predicted octanol–water partition coefficient (Wildman–Crippen LogP) is 1.34. The van der Waals surface area contributed by atoms with Crippen LogP contribution < -0.4 is 0 Å². The van der Waals surface area contributed by atoms with E-state index in [1.807, 2.05) is 0 Å². The molecule has 5 nitrogen and oxygen atoms in total. The molecule has 0 aliphatic carbocycles. The van der Waals surface area contributed by atoms with Crippen LogP contribution in [0.1, 0.15) is 11.6 Å². The molecule has 2 rings (SSSR count). The zero-order chi connectivity index (χ0) is 8.55. The van der Waals surface area contributed by atoms with Gasteiger partial charge in [-0.2, -0.15) is 0 Å². The lowest BCUT2D eigenvalue weighted by Crippen LogP contribution is -1.76. The normalized spacial score (nSPS) is 10.5. The van der Waals surface area contributed by atoms with E-state index in [-0.39, 0.29) is 0 Å². The molecular formula is C7H7N3O2. The van der Waals surface area contributed by atoms with Gasteiger partial charge in [-0.3, -0.25) is 0 Å². The number of hydrogen-bond acceptors (Lipinski definition) is 5. The quantitative estimate of drug-likeness (QED) is 0.637. The lowest BCUT2D eigenvalue weighted by atomic mass is 10.3. The lowest BCUT2D eigenvalue weighted by Gasteiger charge is -1.85. The van der Waals surface area contributed by atoms with Gasteiger partial charge in [-0.05, 0) is 12.1 Å². The molecule has 0 radical (unpaired) electrons. The molecule has 62 valence electrons. The Morgan fingerprint density at radius 1 is 1.25 bits per heavy atom. The van der Waals surface area contributed by atoms with Crippen LogP contribution in [0, 0.1) is 13.8 Å². The van der Waals surface area contributed by atoms with E-state index < -0.39 is 0 Å². The first-order chi connectivity index (χ1) is 5.77. The molecular weight excluding hydrogens is 158 g/mol. The highest BCUT2D eigenvalue weighted by molar-refractivity contribution is 5.52. The molecule has 0 amide bonds. The van der Waals surface area contributed by atoms with E-state index in [0.717, 1.165) is 0 Å². The Labute approximate surface area is 68.4 Å². The third kappa shape index (κ3) is 0.990. The second kappa shape index (κ2) is 2.44.